The van der Waals surface area contributed by atoms with E-state index in [2.05, 4.69) is 4.90 Å². The molecule has 15 heavy (non-hydrogen) atoms. The summed E-state index contributed by atoms with van der Waals surface area (Å²) < 4.78 is 0. The molecule has 1 aliphatic heterocycles. The third-order valence-corrected chi connectivity index (χ3v) is 2.55. The van der Waals surface area contributed by atoms with Crippen molar-refractivity contribution >= 4 is 11.7 Å². The molecule has 0 saturated heterocycles. The molecule has 2 rings (SSSR count). The van der Waals surface area contributed by atoms with Crippen LogP contribution in [0.5, 0.6) is 0 Å². The van der Waals surface area contributed by atoms with E-state index in [1.807, 2.05) is 36.4 Å². The molecule has 1 heterocycles. The van der Waals surface area contributed by atoms with Gasteiger partial charge in [0.25, 0.3) is 0 Å². The molecule has 1 aromatic rings. The third-order valence-electron chi connectivity index (χ3n) is 2.55. The van der Waals surface area contributed by atoms with E-state index in [1.54, 1.807) is 0 Å². The molecular formula is C12H13NO2. The summed E-state index contributed by atoms with van der Waals surface area (Å²) >= 11 is 0. The summed E-state index contributed by atoms with van der Waals surface area (Å²) in [5.74, 6) is -0.810. The molecule has 1 aromatic carbocycles. The van der Waals surface area contributed by atoms with Gasteiger partial charge < -0.3 is 10.0 Å². The van der Waals surface area contributed by atoms with E-state index in [9.17, 15) is 4.79 Å². The Bertz CT molecular complexity index is 384. The first-order chi connectivity index (χ1) is 7.27. The highest BCUT2D eigenvalue weighted by molar-refractivity contribution is 5.88. The number of carbonyl (C=O) groups is 1. The number of benzene rings is 1. The second kappa shape index (κ2) is 4.17. The molecule has 0 saturated carbocycles. The van der Waals surface area contributed by atoms with Gasteiger partial charge in [-0.1, -0.05) is 24.3 Å². The van der Waals surface area contributed by atoms with Crippen LogP contribution in [0.25, 0.3) is 0 Å². The van der Waals surface area contributed by atoms with Gasteiger partial charge in [0.1, 0.15) is 0 Å². The average molecular weight is 203 g/mol. The van der Waals surface area contributed by atoms with Gasteiger partial charge in [0.15, 0.2) is 0 Å². The maximum Gasteiger partial charge on any atom is 0.333 e. The minimum absolute atomic E-state index is 0.491. The lowest BCUT2D eigenvalue weighted by Crippen LogP contribution is -2.32. The molecule has 78 valence electrons. The van der Waals surface area contributed by atoms with Crippen molar-refractivity contribution in [3.8, 4) is 0 Å². The van der Waals surface area contributed by atoms with Crippen LogP contribution in [0.3, 0.4) is 0 Å². The minimum Gasteiger partial charge on any atom is -0.478 e. The molecule has 0 aliphatic carbocycles. The molecule has 3 nitrogen and oxygen atoms in total. The van der Waals surface area contributed by atoms with Crippen molar-refractivity contribution < 1.29 is 9.90 Å². The number of hydrogen-bond acceptors (Lipinski definition) is 2. The normalized spacial score (nSPS) is 16.0. The van der Waals surface area contributed by atoms with Gasteiger partial charge in [-0.05, 0) is 18.6 Å². The third kappa shape index (κ3) is 2.18. The highest BCUT2D eigenvalue weighted by Gasteiger charge is 2.17. The Labute approximate surface area is 88.6 Å². The van der Waals surface area contributed by atoms with Crippen LogP contribution in [0.2, 0.25) is 0 Å². The predicted molar refractivity (Wildman–Crippen MR) is 59.0 cm³/mol. The lowest BCUT2D eigenvalue weighted by Gasteiger charge is -2.27. The molecule has 0 aromatic heterocycles. The van der Waals surface area contributed by atoms with Gasteiger partial charge in [0.2, 0.25) is 0 Å². The van der Waals surface area contributed by atoms with Crippen LogP contribution in [-0.2, 0) is 4.79 Å². The fourth-order valence-corrected chi connectivity index (χ4v) is 1.76. The smallest absolute Gasteiger partial charge is 0.333 e. The van der Waals surface area contributed by atoms with Gasteiger partial charge in [-0.3, -0.25) is 0 Å². The molecule has 0 atom stereocenters. The van der Waals surface area contributed by atoms with Gasteiger partial charge in [-0.2, -0.15) is 0 Å². The molecular weight excluding hydrogens is 190 g/mol. The van der Waals surface area contributed by atoms with Crippen molar-refractivity contribution in [2.24, 2.45) is 0 Å². The van der Waals surface area contributed by atoms with Crippen molar-refractivity contribution in [3.05, 3.63) is 42.0 Å². The van der Waals surface area contributed by atoms with Gasteiger partial charge >= 0.3 is 5.97 Å². The summed E-state index contributed by atoms with van der Waals surface area (Å²) in [5, 5.41) is 8.91. The van der Waals surface area contributed by atoms with Gasteiger partial charge in [-0.25, -0.2) is 4.79 Å². The zero-order chi connectivity index (χ0) is 10.7. The van der Waals surface area contributed by atoms with Crippen molar-refractivity contribution in [2.75, 3.05) is 18.0 Å². The Balaban J connectivity index is 2.15. The number of para-hydroxylation sites is 1. The van der Waals surface area contributed by atoms with Crippen molar-refractivity contribution in [3.63, 3.8) is 0 Å². The van der Waals surface area contributed by atoms with Crippen LogP contribution in [0.15, 0.2) is 42.0 Å². The van der Waals surface area contributed by atoms with Crippen LogP contribution in [0, 0.1) is 0 Å². The number of anilines is 1. The van der Waals surface area contributed by atoms with E-state index >= 15 is 0 Å². The summed E-state index contributed by atoms with van der Waals surface area (Å²) in [6.45, 7) is 1.39. The maximum absolute atomic E-state index is 10.8. The van der Waals surface area contributed by atoms with Crippen LogP contribution < -0.4 is 4.90 Å². The summed E-state index contributed by atoms with van der Waals surface area (Å²) in [6.07, 6.45) is 2.61. The van der Waals surface area contributed by atoms with Crippen LogP contribution in [0.1, 0.15) is 6.42 Å². The zero-order valence-corrected chi connectivity index (χ0v) is 8.39. The highest BCUT2D eigenvalue weighted by Crippen LogP contribution is 2.19. The van der Waals surface area contributed by atoms with E-state index in [-0.39, 0.29) is 0 Å². The Morgan fingerprint density at radius 1 is 1.27 bits per heavy atom. The van der Waals surface area contributed by atoms with Crippen LogP contribution in [-0.4, -0.2) is 24.2 Å². The summed E-state index contributed by atoms with van der Waals surface area (Å²) in [7, 11) is 0. The zero-order valence-electron chi connectivity index (χ0n) is 8.39. The number of hydrogen-bond donors (Lipinski definition) is 1. The topological polar surface area (TPSA) is 40.5 Å². The number of aliphatic carboxylic acids is 1. The Hall–Kier alpha value is -1.77. The van der Waals surface area contributed by atoms with E-state index in [0.717, 1.165) is 18.7 Å². The lowest BCUT2D eigenvalue weighted by molar-refractivity contribution is -0.132. The highest BCUT2D eigenvalue weighted by atomic mass is 16.4. The van der Waals surface area contributed by atoms with E-state index < -0.39 is 5.97 Å². The Kier molecular flexibility index (Phi) is 2.72. The van der Waals surface area contributed by atoms with Gasteiger partial charge in [-0.15, -0.1) is 0 Å². The van der Waals surface area contributed by atoms with Gasteiger partial charge in [0, 0.05) is 18.8 Å². The number of carboxylic acid groups (broad SMARTS) is 1. The Morgan fingerprint density at radius 3 is 2.67 bits per heavy atom. The van der Waals surface area contributed by atoms with Crippen molar-refractivity contribution in [2.45, 2.75) is 6.42 Å². The summed E-state index contributed by atoms with van der Waals surface area (Å²) in [5.41, 5.74) is 1.58. The first kappa shape index (κ1) is 9.77. The predicted octanol–water partition coefficient (Wildman–Crippen LogP) is 1.91. The molecule has 0 fully saturated rings. The van der Waals surface area contributed by atoms with E-state index in [0.29, 0.717) is 12.1 Å². The van der Waals surface area contributed by atoms with E-state index in [1.165, 1.54) is 0 Å². The van der Waals surface area contributed by atoms with Crippen molar-refractivity contribution in [1.29, 1.82) is 0 Å². The fourth-order valence-electron chi connectivity index (χ4n) is 1.76. The molecule has 3 heteroatoms. The summed E-state index contributed by atoms with van der Waals surface area (Å²) in [6, 6.07) is 9.90. The van der Waals surface area contributed by atoms with Gasteiger partial charge in [0.05, 0.1) is 5.57 Å². The largest absolute Gasteiger partial charge is 0.478 e. The first-order valence-corrected chi connectivity index (χ1v) is 4.99. The number of rotatable bonds is 2. The lowest BCUT2D eigenvalue weighted by atomic mass is 10.1. The standard InChI is InChI=1S/C12H13NO2/c14-12(15)10-5-4-8-13(9-10)11-6-2-1-3-7-11/h1-3,5-7H,4,8-9H2,(H,14,15). The fraction of sp³-hybridized carbons (Fsp3) is 0.250. The Morgan fingerprint density at radius 2 is 2.00 bits per heavy atom. The number of nitrogens with zero attached hydrogens (tertiary/aromatic N) is 1. The second-order valence-corrected chi connectivity index (χ2v) is 3.58. The minimum atomic E-state index is -0.810. The summed E-state index contributed by atoms with van der Waals surface area (Å²) in [4.78, 5) is 12.9. The number of carboxylic acids is 1. The average Bonchev–Trinajstić information content (AvgIpc) is 2.30. The molecule has 0 unspecified atom stereocenters. The molecule has 0 amide bonds. The SMILES string of the molecule is O=C(O)C1=CCCN(c2ccccc2)C1. The van der Waals surface area contributed by atoms with Crippen LogP contribution >= 0.6 is 0 Å². The quantitative estimate of drug-likeness (QED) is 0.798. The molecule has 0 radical (unpaired) electrons. The molecule has 0 bridgehead atoms. The van der Waals surface area contributed by atoms with E-state index in [4.69, 9.17) is 5.11 Å². The molecule has 1 N–H and O–H groups in total. The molecule has 1 aliphatic rings. The second-order valence-electron chi connectivity index (χ2n) is 3.58. The van der Waals surface area contributed by atoms with Crippen molar-refractivity contribution in [1.82, 2.24) is 0 Å². The maximum atomic E-state index is 10.8. The first-order valence-electron chi connectivity index (χ1n) is 4.99. The van der Waals surface area contributed by atoms with Crippen LogP contribution in [0.4, 0.5) is 5.69 Å². The molecule has 0 spiro atoms. The monoisotopic (exact) mass is 203 g/mol.